The van der Waals surface area contributed by atoms with Crippen molar-refractivity contribution in [1.82, 2.24) is 4.31 Å². The molecule has 1 fully saturated rings. The second-order valence-electron chi connectivity index (χ2n) is 5.48. The smallest absolute Gasteiger partial charge is 0.255 e. The molecule has 2 aromatic rings. The summed E-state index contributed by atoms with van der Waals surface area (Å²) in [5, 5.41) is 2.75. The molecular weight excluding hydrogens is 408 g/mol. The molecule has 0 atom stereocenters. The number of hydrogen-bond acceptors (Lipinski definition) is 4. The first kappa shape index (κ1) is 18.1. The van der Waals surface area contributed by atoms with E-state index in [0.717, 1.165) is 0 Å². The second-order valence-corrected chi connectivity index (χ2v) is 8.24. The standard InChI is InChI=1S/C17H17BrN2O4S/c18-15-7-6-13(17(21)19-14-4-2-1-3-5-14)12-16(15)25(22,23)20-8-10-24-11-9-20/h1-7,12H,8-11H2,(H,19,21). The number of amides is 1. The second kappa shape index (κ2) is 7.65. The van der Waals surface area contributed by atoms with Crippen LogP contribution in [0.2, 0.25) is 0 Å². The number of rotatable bonds is 4. The Labute approximate surface area is 155 Å². The van der Waals surface area contributed by atoms with E-state index in [0.29, 0.717) is 36.5 Å². The minimum absolute atomic E-state index is 0.0788. The maximum absolute atomic E-state index is 12.8. The third-order valence-corrected chi connectivity index (χ3v) is 6.71. The molecule has 2 aromatic carbocycles. The number of anilines is 1. The third-order valence-electron chi connectivity index (χ3n) is 3.81. The Kier molecular flexibility index (Phi) is 5.53. The Hall–Kier alpha value is -1.74. The first-order valence-corrected chi connectivity index (χ1v) is 9.95. The Morgan fingerprint density at radius 1 is 1.08 bits per heavy atom. The van der Waals surface area contributed by atoms with E-state index < -0.39 is 10.0 Å². The average molecular weight is 425 g/mol. The van der Waals surface area contributed by atoms with Crippen molar-refractivity contribution in [3.8, 4) is 0 Å². The molecule has 25 heavy (non-hydrogen) atoms. The van der Waals surface area contributed by atoms with Gasteiger partial charge in [-0.1, -0.05) is 18.2 Å². The van der Waals surface area contributed by atoms with E-state index in [9.17, 15) is 13.2 Å². The van der Waals surface area contributed by atoms with Crippen LogP contribution in [0.4, 0.5) is 5.69 Å². The topological polar surface area (TPSA) is 75.7 Å². The van der Waals surface area contributed by atoms with Crippen molar-refractivity contribution >= 4 is 37.5 Å². The fraction of sp³-hybridized carbons (Fsp3) is 0.235. The van der Waals surface area contributed by atoms with E-state index in [4.69, 9.17) is 4.74 Å². The molecule has 1 N–H and O–H groups in total. The number of hydrogen-bond donors (Lipinski definition) is 1. The summed E-state index contributed by atoms with van der Waals surface area (Å²) in [6.07, 6.45) is 0. The van der Waals surface area contributed by atoms with Gasteiger partial charge >= 0.3 is 0 Å². The van der Waals surface area contributed by atoms with Crippen molar-refractivity contribution in [2.24, 2.45) is 0 Å². The summed E-state index contributed by atoms with van der Waals surface area (Å²) in [6.45, 7) is 1.33. The molecular formula is C17H17BrN2O4S. The van der Waals surface area contributed by atoms with Crippen LogP contribution < -0.4 is 5.32 Å². The predicted molar refractivity (Wildman–Crippen MR) is 98.1 cm³/mol. The largest absolute Gasteiger partial charge is 0.379 e. The number of benzene rings is 2. The normalized spacial score (nSPS) is 15.7. The van der Waals surface area contributed by atoms with Gasteiger partial charge in [0.05, 0.1) is 18.1 Å². The van der Waals surface area contributed by atoms with Crippen molar-refractivity contribution < 1.29 is 17.9 Å². The van der Waals surface area contributed by atoms with Crippen molar-refractivity contribution in [2.45, 2.75) is 4.90 Å². The van der Waals surface area contributed by atoms with E-state index in [1.807, 2.05) is 18.2 Å². The number of carbonyl (C=O) groups is 1. The van der Waals surface area contributed by atoms with Gasteiger partial charge in [0.15, 0.2) is 0 Å². The molecule has 1 heterocycles. The Morgan fingerprint density at radius 3 is 2.44 bits per heavy atom. The van der Waals surface area contributed by atoms with Crippen LogP contribution in [0.15, 0.2) is 57.9 Å². The van der Waals surface area contributed by atoms with Crippen LogP contribution in [0.5, 0.6) is 0 Å². The summed E-state index contributed by atoms with van der Waals surface area (Å²) < 4.78 is 32.7. The highest BCUT2D eigenvalue weighted by Crippen LogP contribution is 2.27. The third kappa shape index (κ3) is 4.09. The molecule has 8 heteroatoms. The van der Waals surface area contributed by atoms with Gasteiger partial charge in [-0.3, -0.25) is 4.79 Å². The molecule has 1 amide bonds. The number of halogens is 1. The van der Waals surface area contributed by atoms with E-state index in [1.165, 1.54) is 10.4 Å². The minimum atomic E-state index is -3.70. The van der Waals surface area contributed by atoms with Crippen LogP contribution >= 0.6 is 15.9 Å². The molecule has 0 aliphatic carbocycles. The van der Waals surface area contributed by atoms with Crippen molar-refractivity contribution in [1.29, 1.82) is 0 Å². The van der Waals surface area contributed by atoms with Crippen LogP contribution in [0.3, 0.4) is 0 Å². The molecule has 0 unspecified atom stereocenters. The van der Waals surface area contributed by atoms with Gasteiger partial charge in [0, 0.05) is 28.8 Å². The lowest BCUT2D eigenvalue weighted by Crippen LogP contribution is -2.40. The number of carbonyl (C=O) groups excluding carboxylic acids is 1. The van der Waals surface area contributed by atoms with Gasteiger partial charge in [-0.15, -0.1) is 0 Å². The van der Waals surface area contributed by atoms with Gasteiger partial charge in [-0.2, -0.15) is 4.31 Å². The average Bonchev–Trinajstić information content (AvgIpc) is 2.63. The molecule has 0 radical (unpaired) electrons. The Bertz CT molecular complexity index is 865. The van der Waals surface area contributed by atoms with Gasteiger partial charge < -0.3 is 10.1 Å². The van der Waals surface area contributed by atoms with Gasteiger partial charge in [-0.25, -0.2) is 8.42 Å². The fourth-order valence-electron chi connectivity index (χ4n) is 2.49. The van der Waals surface area contributed by atoms with Crippen LogP contribution in [0, 0.1) is 0 Å². The predicted octanol–water partition coefficient (Wildman–Crippen LogP) is 2.72. The summed E-state index contributed by atoms with van der Waals surface area (Å²) >= 11 is 3.28. The maximum atomic E-state index is 12.8. The number of sulfonamides is 1. The lowest BCUT2D eigenvalue weighted by molar-refractivity contribution is 0.0730. The first-order valence-electron chi connectivity index (χ1n) is 7.72. The molecule has 6 nitrogen and oxygen atoms in total. The van der Waals surface area contributed by atoms with Gasteiger partial charge in [0.2, 0.25) is 10.0 Å². The Morgan fingerprint density at radius 2 is 1.76 bits per heavy atom. The number of morpholine rings is 1. The summed E-state index contributed by atoms with van der Waals surface area (Å²) in [4.78, 5) is 12.5. The quantitative estimate of drug-likeness (QED) is 0.818. The molecule has 1 aliphatic heterocycles. The fourth-order valence-corrected chi connectivity index (χ4v) is 4.85. The van der Waals surface area contributed by atoms with Crippen LogP contribution in [-0.4, -0.2) is 44.9 Å². The molecule has 3 rings (SSSR count). The lowest BCUT2D eigenvalue weighted by atomic mass is 10.2. The summed E-state index contributed by atoms with van der Waals surface area (Å²) in [5.74, 6) is -0.364. The number of nitrogens with zero attached hydrogens (tertiary/aromatic N) is 1. The zero-order valence-corrected chi connectivity index (χ0v) is 15.7. The van der Waals surface area contributed by atoms with Gasteiger partial charge in [0.25, 0.3) is 5.91 Å². The molecule has 0 bridgehead atoms. The summed E-state index contributed by atoms with van der Waals surface area (Å²) in [6, 6.07) is 13.6. The monoisotopic (exact) mass is 424 g/mol. The van der Waals surface area contributed by atoms with Gasteiger partial charge in [0.1, 0.15) is 0 Å². The zero-order valence-electron chi connectivity index (χ0n) is 13.3. The number of ether oxygens (including phenoxy) is 1. The number of para-hydroxylation sites is 1. The zero-order chi connectivity index (χ0) is 17.9. The van der Waals surface area contributed by atoms with Crippen molar-refractivity contribution in [3.63, 3.8) is 0 Å². The Balaban J connectivity index is 1.88. The minimum Gasteiger partial charge on any atom is -0.379 e. The van der Waals surface area contributed by atoms with E-state index in [-0.39, 0.29) is 16.4 Å². The summed E-state index contributed by atoms with van der Waals surface area (Å²) in [7, 11) is -3.70. The lowest BCUT2D eigenvalue weighted by Gasteiger charge is -2.26. The van der Waals surface area contributed by atoms with Crippen LogP contribution in [-0.2, 0) is 14.8 Å². The molecule has 0 saturated carbocycles. The SMILES string of the molecule is O=C(Nc1ccccc1)c1ccc(Br)c(S(=O)(=O)N2CCOCC2)c1. The molecule has 0 aromatic heterocycles. The highest BCUT2D eigenvalue weighted by molar-refractivity contribution is 9.10. The van der Waals surface area contributed by atoms with E-state index in [2.05, 4.69) is 21.2 Å². The maximum Gasteiger partial charge on any atom is 0.255 e. The van der Waals surface area contributed by atoms with Crippen molar-refractivity contribution in [2.75, 3.05) is 31.6 Å². The van der Waals surface area contributed by atoms with E-state index >= 15 is 0 Å². The summed E-state index contributed by atoms with van der Waals surface area (Å²) in [5.41, 5.74) is 0.923. The highest BCUT2D eigenvalue weighted by atomic mass is 79.9. The highest BCUT2D eigenvalue weighted by Gasteiger charge is 2.29. The van der Waals surface area contributed by atoms with E-state index in [1.54, 1.807) is 24.3 Å². The molecule has 0 spiro atoms. The van der Waals surface area contributed by atoms with Crippen LogP contribution in [0.1, 0.15) is 10.4 Å². The van der Waals surface area contributed by atoms with Crippen LogP contribution in [0.25, 0.3) is 0 Å². The molecule has 132 valence electrons. The molecule has 1 aliphatic rings. The molecule has 1 saturated heterocycles. The first-order chi connectivity index (χ1) is 12.0. The van der Waals surface area contributed by atoms with Crippen molar-refractivity contribution in [3.05, 3.63) is 58.6 Å². The number of nitrogens with one attached hydrogen (secondary N) is 1. The van der Waals surface area contributed by atoms with Gasteiger partial charge in [-0.05, 0) is 46.3 Å².